The third-order valence-electron chi connectivity index (χ3n) is 2.88. The molecule has 102 valence electrons. The zero-order valence-electron chi connectivity index (χ0n) is 11.1. The molecule has 0 saturated heterocycles. The topological polar surface area (TPSA) is 29.9 Å². The molecule has 1 aromatic carbocycles. The third-order valence-corrected chi connectivity index (χ3v) is 4.27. The lowest BCUT2D eigenvalue weighted by atomic mass is 10.2. The molecule has 1 atom stereocenters. The highest BCUT2D eigenvalue weighted by atomic mass is 35.5. The molecule has 2 rings (SSSR count). The zero-order valence-corrected chi connectivity index (χ0v) is 12.7. The normalized spacial score (nSPS) is 12.6. The van der Waals surface area contributed by atoms with Crippen molar-refractivity contribution in [3.05, 3.63) is 47.2 Å². The molecule has 1 unspecified atom stereocenters. The van der Waals surface area contributed by atoms with Crippen LogP contribution in [0.4, 0.5) is 0 Å². The van der Waals surface area contributed by atoms with Gasteiger partial charge in [-0.2, -0.15) is 5.10 Å². The van der Waals surface area contributed by atoms with Crippen LogP contribution in [0.3, 0.4) is 0 Å². The molecule has 0 spiro atoms. The number of halogens is 1. The maximum absolute atomic E-state index is 5.98. The standard InChI is InChI=1S/C14H18ClN3S/c1-16-13(9-12-6-7-18(2)17-12)10-19-14-5-3-4-11(15)8-14/h3-8,13,16H,9-10H2,1-2H3. The first-order chi connectivity index (χ1) is 9.17. The fourth-order valence-electron chi connectivity index (χ4n) is 1.82. The molecule has 1 N–H and O–H groups in total. The second-order valence-electron chi connectivity index (χ2n) is 4.44. The summed E-state index contributed by atoms with van der Waals surface area (Å²) in [6, 6.07) is 10.4. The van der Waals surface area contributed by atoms with Crippen LogP contribution in [0.15, 0.2) is 41.4 Å². The van der Waals surface area contributed by atoms with Gasteiger partial charge in [-0.3, -0.25) is 4.68 Å². The van der Waals surface area contributed by atoms with Gasteiger partial charge >= 0.3 is 0 Å². The van der Waals surface area contributed by atoms with Gasteiger partial charge in [0.15, 0.2) is 0 Å². The fourth-order valence-corrected chi connectivity index (χ4v) is 3.14. The largest absolute Gasteiger partial charge is 0.316 e. The van der Waals surface area contributed by atoms with Gasteiger partial charge in [0.2, 0.25) is 0 Å². The molecule has 19 heavy (non-hydrogen) atoms. The van der Waals surface area contributed by atoms with Gasteiger partial charge < -0.3 is 5.32 Å². The number of benzene rings is 1. The second-order valence-corrected chi connectivity index (χ2v) is 5.97. The van der Waals surface area contributed by atoms with E-state index in [-0.39, 0.29) is 0 Å². The molecule has 0 aliphatic rings. The van der Waals surface area contributed by atoms with Gasteiger partial charge in [0, 0.05) is 41.4 Å². The number of rotatable bonds is 6. The molecule has 0 radical (unpaired) electrons. The monoisotopic (exact) mass is 295 g/mol. The number of hydrogen-bond donors (Lipinski definition) is 1. The first kappa shape index (κ1) is 14.4. The van der Waals surface area contributed by atoms with Gasteiger partial charge in [0.25, 0.3) is 0 Å². The van der Waals surface area contributed by atoms with Crippen molar-refractivity contribution in [2.75, 3.05) is 12.8 Å². The predicted octanol–water partition coefficient (Wildman–Crippen LogP) is 3.00. The van der Waals surface area contributed by atoms with E-state index in [0.29, 0.717) is 6.04 Å². The van der Waals surface area contributed by atoms with Crippen molar-refractivity contribution in [3.63, 3.8) is 0 Å². The highest BCUT2D eigenvalue weighted by Crippen LogP contribution is 2.22. The van der Waals surface area contributed by atoms with E-state index in [1.54, 1.807) is 0 Å². The van der Waals surface area contributed by atoms with Crippen molar-refractivity contribution >= 4 is 23.4 Å². The van der Waals surface area contributed by atoms with Crippen LogP contribution in [-0.4, -0.2) is 28.6 Å². The van der Waals surface area contributed by atoms with Crippen LogP contribution in [-0.2, 0) is 13.5 Å². The Kier molecular flexibility index (Phi) is 5.31. The van der Waals surface area contributed by atoms with E-state index in [1.807, 2.05) is 54.9 Å². The van der Waals surface area contributed by atoms with E-state index in [1.165, 1.54) is 4.90 Å². The Balaban J connectivity index is 1.89. The molecule has 0 saturated carbocycles. The minimum Gasteiger partial charge on any atom is -0.316 e. The van der Waals surface area contributed by atoms with Gasteiger partial charge in [-0.15, -0.1) is 11.8 Å². The molecule has 0 aliphatic heterocycles. The second kappa shape index (κ2) is 6.98. The molecule has 0 bridgehead atoms. The SMILES string of the molecule is CNC(CSc1cccc(Cl)c1)Cc1ccn(C)n1. The quantitative estimate of drug-likeness (QED) is 0.831. The lowest BCUT2D eigenvalue weighted by molar-refractivity contribution is 0.600. The predicted molar refractivity (Wildman–Crippen MR) is 81.9 cm³/mol. The van der Waals surface area contributed by atoms with Crippen molar-refractivity contribution in [1.82, 2.24) is 15.1 Å². The average Bonchev–Trinajstić information content (AvgIpc) is 2.80. The van der Waals surface area contributed by atoms with Crippen molar-refractivity contribution in [2.45, 2.75) is 17.4 Å². The van der Waals surface area contributed by atoms with E-state index in [0.717, 1.165) is 22.9 Å². The lowest BCUT2D eigenvalue weighted by Gasteiger charge is -2.14. The van der Waals surface area contributed by atoms with Gasteiger partial charge in [-0.25, -0.2) is 0 Å². The summed E-state index contributed by atoms with van der Waals surface area (Å²) in [5.41, 5.74) is 1.12. The van der Waals surface area contributed by atoms with Gasteiger partial charge in [0.05, 0.1) is 5.69 Å². The van der Waals surface area contributed by atoms with Gasteiger partial charge in [-0.1, -0.05) is 17.7 Å². The summed E-state index contributed by atoms with van der Waals surface area (Å²) in [4.78, 5) is 1.20. The van der Waals surface area contributed by atoms with Crippen LogP contribution < -0.4 is 5.32 Å². The summed E-state index contributed by atoms with van der Waals surface area (Å²) in [6.45, 7) is 0. The van der Waals surface area contributed by atoms with Gasteiger partial charge in [-0.05, 0) is 31.3 Å². The van der Waals surface area contributed by atoms with Gasteiger partial charge in [0.1, 0.15) is 0 Å². The summed E-state index contributed by atoms with van der Waals surface area (Å²) >= 11 is 7.80. The Bertz CT molecular complexity index is 527. The number of hydrogen-bond acceptors (Lipinski definition) is 3. The first-order valence-corrected chi connectivity index (χ1v) is 7.58. The van der Waals surface area contributed by atoms with Crippen LogP contribution in [0.1, 0.15) is 5.69 Å². The van der Waals surface area contributed by atoms with E-state index >= 15 is 0 Å². The van der Waals surface area contributed by atoms with Crippen molar-refractivity contribution in [2.24, 2.45) is 7.05 Å². The van der Waals surface area contributed by atoms with Crippen molar-refractivity contribution in [1.29, 1.82) is 0 Å². The molecule has 0 aliphatic carbocycles. The maximum atomic E-state index is 5.98. The number of thioether (sulfide) groups is 1. The summed E-state index contributed by atoms with van der Waals surface area (Å²) in [6.07, 6.45) is 2.91. The zero-order chi connectivity index (χ0) is 13.7. The highest BCUT2D eigenvalue weighted by Gasteiger charge is 2.10. The molecule has 0 fully saturated rings. The van der Waals surface area contributed by atoms with E-state index in [9.17, 15) is 0 Å². The first-order valence-electron chi connectivity index (χ1n) is 6.21. The Morgan fingerprint density at radius 3 is 2.89 bits per heavy atom. The molecular weight excluding hydrogens is 278 g/mol. The van der Waals surface area contributed by atoms with E-state index in [2.05, 4.69) is 22.5 Å². The van der Waals surface area contributed by atoms with Crippen LogP contribution in [0.2, 0.25) is 5.02 Å². The van der Waals surface area contributed by atoms with Crippen molar-refractivity contribution < 1.29 is 0 Å². The number of aromatic nitrogens is 2. The minimum absolute atomic E-state index is 0.402. The van der Waals surface area contributed by atoms with Crippen molar-refractivity contribution in [3.8, 4) is 0 Å². The number of likely N-dealkylation sites (N-methyl/N-ethyl adjacent to an activating group) is 1. The fraction of sp³-hybridized carbons (Fsp3) is 0.357. The van der Waals surface area contributed by atoms with Crippen LogP contribution >= 0.6 is 23.4 Å². The Morgan fingerprint density at radius 2 is 2.26 bits per heavy atom. The maximum Gasteiger partial charge on any atom is 0.0640 e. The molecule has 2 aromatic rings. The Labute approximate surface area is 123 Å². The molecule has 5 heteroatoms. The summed E-state index contributed by atoms with van der Waals surface area (Å²) in [7, 11) is 3.94. The van der Waals surface area contributed by atoms with E-state index in [4.69, 9.17) is 11.6 Å². The smallest absolute Gasteiger partial charge is 0.0640 e. The summed E-state index contributed by atoms with van der Waals surface area (Å²) in [5, 5.41) is 8.54. The summed E-state index contributed by atoms with van der Waals surface area (Å²) in [5.74, 6) is 0.993. The molecular formula is C14H18ClN3S. The number of aryl methyl sites for hydroxylation is 1. The Hall–Kier alpha value is -0.970. The van der Waals surface area contributed by atoms with Crippen LogP contribution in [0.25, 0.3) is 0 Å². The molecule has 1 aromatic heterocycles. The van der Waals surface area contributed by atoms with Crippen LogP contribution in [0, 0.1) is 0 Å². The lowest BCUT2D eigenvalue weighted by Crippen LogP contribution is -2.30. The molecule has 0 amide bonds. The Morgan fingerprint density at radius 1 is 1.42 bits per heavy atom. The molecule has 3 nitrogen and oxygen atoms in total. The van der Waals surface area contributed by atoms with Crippen LogP contribution in [0.5, 0.6) is 0 Å². The third kappa shape index (κ3) is 4.56. The summed E-state index contributed by atoms with van der Waals surface area (Å²) < 4.78 is 1.84. The number of nitrogens with one attached hydrogen (secondary N) is 1. The molecule has 1 heterocycles. The number of nitrogens with zero attached hydrogens (tertiary/aromatic N) is 2. The van der Waals surface area contributed by atoms with E-state index < -0.39 is 0 Å². The highest BCUT2D eigenvalue weighted by molar-refractivity contribution is 7.99. The minimum atomic E-state index is 0.402. The average molecular weight is 296 g/mol.